The van der Waals surface area contributed by atoms with Crippen LogP contribution >= 0.6 is 11.3 Å². The van der Waals surface area contributed by atoms with Gasteiger partial charge in [0.25, 0.3) is 5.91 Å². The Morgan fingerprint density at radius 3 is 2.82 bits per heavy atom. The van der Waals surface area contributed by atoms with E-state index in [2.05, 4.69) is 10.3 Å². The lowest BCUT2D eigenvalue weighted by atomic mass is 10.1. The smallest absolute Gasteiger partial charge is 0.257 e. The molecule has 0 unspecified atom stereocenters. The maximum Gasteiger partial charge on any atom is 0.257 e. The Hall–Kier alpha value is -2.78. The fourth-order valence-electron chi connectivity index (χ4n) is 3.14. The number of nitrogens with zero attached hydrogens (tertiary/aromatic N) is 2. The summed E-state index contributed by atoms with van der Waals surface area (Å²) in [6, 6.07) is 11.0. The molecule has 4 rings (SSSR count). The number of amides is 1. The molecule has 144 valence electrons. The van der Waals surface area contributed by atoms with Crippen LogP contribution in [-0.2, 0) is 16.4 Å². The number of carbonyl (C=O) groups is 1. The predicted molar refractivity (Wildman–Crippen MR) is 108 cm³/mol. The van der Waals surface area contributed by atoms with Gasteiger partial charge in [0.15, 0.2) is 5.13 Å². The highest BCUT2D eigenvalue weighted by atomic mass is 32.2. The second kappa shape index (κ2) is 6.99. The highest BCUT2D eigenvalue weighted by Gasteiger charge is 2.26. The molecule has 6 nitrogen and oxygen atoms in total. The first-order valence-corrected chi connectivity index (χ1v) is 11.2. The Labute approximate surface area is 165 Å². The van der Waals surface area contributed by atoms with E-state index in [1.54, 1.807) is 6.07 Å². The summed E-state index contributed by atoms with van der Waals surface area (Å²) < 4.78 is 38.4. The molecular formula is C19H16FN3O3S2. The van der Waals surface area contributed by atoms with E-state index in [4.69, 9.17) is 0 Å². The number of aromatic nitrogens is 1. The number of anilines is 2. The van der Waals surface area contributed by atoms with E-state index in [1.807, 2.05) is 17.5 Å². The van der Waals surface area contributed by atoms with E-state index in [9.17, 15) is 17.6 Å². The van der Waals surface area contributed by atoms with E-state index in [1.165, 1.54) is 40.1 Å². The maximum atomic E-state index is 13.3. The van der Waals surface area contributed by atoms with Crippen molar-refractivity contribution in [2.24, 2.45) is 0 Å². The first kappa shape index (κ1) is 18.6. The standard InChI is InChI=1S/C19H16FN3O3S2/c1-28(25,26)23-8-7-13-9-12(5-6-17(13)23)16-11-27-19(21-16)22-18(24)14-3-2-4-15(20)10-14/h2-6,9-11H,7-8H2,1H3,(H,21,22,24). The minimum atomic E-state index is -3.29. The van der Waals surface area contributed by atoms with Crippen LogP contribution in [0.4, 0.5) is 15.2 Å². The Morgan fingerprint density at radius 2 is 2.07 bits per heavy atom. The van der Waals surface area contributed by atoms with Crippen molar-refractivity contribution in [3.63, 3.8) is 0 Å². The molecule has 1 aliphatic heterocycles. The number of sulfonamides is 1. The molecule has 1 N–H and O–H groups in total. The van der Waals surface area contributed by atoms with Crippen LogP contribution < -0.4 is 9.62 Å². The number of hydrogen-bond acceptors (Lipinski definition) is 5. The van der Waals surface area contributed by atoms with E-state index >= 15 is 0 Å². The monoisotopic (exact) mass is 417 g/mol. The molecule has 0 aliphatic carbocycles. The lowest BCUT2D eigenvalue weighted by Crippen LogP contribution is -2.27. The summed E-state index contributed by atoms with van der Waals surface area (Å²) in [5.74, 6) is -0.910. The SMILES string of the molecule is CS(=O)(=O)N1CCc2cc(-c3csc(NC(=O)c4cccc(F)c4)n3)ccc21. The largest absolute Gasteiger partial charge is 0.298 e. The van der Waals surface area contributed by atoms with E-state index in [-0.39, 0.29) is 5.56 Å². The van der Waals surface area contributed by atoms with E-state index in [0.29, 0.717) is 29.5 Å². The average molecular weight is 417 g/mol. The van der Waals surface area contributed by atoms with Crippen LogP contribution in [0, 0.1) is 5.82 Å². The van der Waals surface area contributed by atoms with Crippen molar-refractivity contribution in [1.82, 2.24) is 4.98 Å². The van der Waals surface area contributed by atoms with E-state index < -0.39 is 21.7 Å². The molecule has 2 aromatic carbocycles. The van der Waals surface area contributed by atoms with Gasteiger partial charge in [0, 0.05) is 23.1 Å². The Balaban J connectivity index is 1.54. The summed E-state index contributed by atoms with van der Waals surface area (Å²) in [6.07, 6.45) is 1.84. The fraction of sp³-hybridized carbons (Fsp3) is 0.158. The summed E-state index contributed by atoms with van der Waals surface area (Å²) in [5, 5.41) is 4.89. The van der Waals surface area contributed by atoms with Gasteiger partial charge in [-0.05, 0) is 42.3 Å². The van der Waals surface area contributed by atoms with E-state index in [0.717, 1.165) is 17.2 Å². The number of hydrogen-bond donors (Lipinski definition) is 1. The molecule has 0 fully saturated rings. The number of nitrogens with one attached hydrogen (secondary N) is 1. The van der Waals surface area contributed by atoms with Crippen molar-refractivity contribution in [3.8, 4) is 11.3 Å². The second-order valence-corrected chi connectivity index (χ2v) is 9.20. The normalized spacial score (nSPS) is 13.4. The number of thiazole rings is 1. The molecule has 0 atom stereocenters. The molecule has 0 saturated heterocycles. The van der Waals surface area contributed by atoms with Gasteiger partial charge in [-0.15, -0.1) is 11.3 Å². The Morgan fingerprint density at radius 1 is 1.25 bits per heavy atom. The van der Waals surface area contributed by atoms with Crippen LogP contribution in [0.3, 0.4) is 0 Å². The van der Waals surface area contributed by atoms with Gasteiger partial charge in [-0.3, -0.25) is 14.4 Å². The lowest BCUT2D eigenvalue weighted by molar-refractivity contribution is 0.102. The average Bonchev–Trinajstić information content (AvgIpc) is 3.27. The molecule has 0 spiro atoms. The number of carbonyl (C=O) groups excluding carboxylic acids is 1. The van der Waals surface area contributed by atoms with Crippen LogP contribution in [0.5, 0.6) is 0 Å². The van der Waals surface area contributed by atoms with Gasteiger partial charge < -0.3 is 0 Å². The second-order valence-electron chi connectivity index (χ2n) is 6.43. The third kappa shape index (κ3) is 3.63. The zero-order valence-electron chi connectivity index (χ0n) is 14.8. The Kier molecular flexibility index (Phi) is 4.64. The highest BCUT2D eigenvalue weighted by molar-refractivity contribution is 7.92. The van der Waals surface area contributed by atoms with Crippen LogP contribution in [-0.4, -0.2) is 32.1 Å². The van der Waals surface area contributed by atoms with Gasteiger partial charge in [-0.25, -0.2) is 17.8 Å². The molecule has 1 aromatic heterocycles. The minimum Gasteiger partial charge on any atom is -0.298 e. The number of fused-ring (bicyclic) bond motifs is 1. The van der Waals surface area contributed by atoms with Crippen molar-refractivity contribution >= 4 is 38.1 Å². The van der Waals surface area contributed by atoms with Gasteiger partial charge in [-0.1, -0.05) is 12.1 Å². The minimum absolute atomic E-state index is 0.218. The molecule has 9 heteroatoms. The zero-order chi connectivity index (χ0) is 19.9. The molecule has 1 aliphatic rings. The number of halogens is 1. The van der Waals surface area contributed by atoms with Crippen molar-refractivity contribution in [1.29, 1.82) is 0 Å². The highest BCUT2D eigenvalue weighted by Crippen LogP contribution is 2.34. The quantitative estimate of drug-likeness (QED) is 0.704. The molecule has 0 saturated carbocycles. The van der Waals surface area contributed by atoms with Crippen molar-refractivity contribution in [2.75, 3.05) is 22.4 Å². The predicted octanol–water partition coefficient (Wildman–Crippen LogP) is 3.52. The third-order valence-electron chi connectivity index (χ3n) is 4.44. The first-order chi connectivity index (χ1) is 13.3. The van der Waals surface area contributed by atoms with Crippen LogP contribution in [0.2, 0.25) is 0 Å². The zero-order valence-corrected chi connectivity index (χ0v) is 16.5. The van der Waals surface area contributed by atoms with Gasteiger partial charge in [0.2, 0.25) is 10.0 Å². The summed E-state index contributed by atoms with van der Waals surface area (Å²) in [7, 11) is -3.29. The van der Waals surface area contributed by atoms with Crippen molar-refractivity contribution in [3.05, 3.63) is 64.8 Å². The summed E-state index contributed by atoms with van der Waals surface area (Å²) in [5.41, 5.74) is 3.38. The lowest BCUT2D eigenvalue weighted by Gasteiger charge is -2.16. The molecule has 3 aromatic rings. The molecule has 1 amide bonds. The first-order valence-electron chi connectivity index (χ1n) is 8.45. The molecule has 0 radical (unpaired) electrons. The van der Waals surface area contributed by atoms with Crippen molar-refractivity contribution in [2.45, 2.75) is 6.42 Å². The number of benzene rings is 2. The summed E-state index contributed by atoms with van der Waals surface area (Å²) in [4.78, 5) is 16.6. The van der Waals surface area contributed by atoms with Gasteiger partial charge in [-0.2, -0.15) is 0 Å². The van der Waals surface area contributed by atoms with Crippen LogP contribution in [0.1, 0.15) is 15.9 Å². The summed E-state index contributed by atoms with van der Waals surface area (Å²) in [6.45, 7) is 0.434. The fourth-order valence-corrected chi connectivity index (χ4v) is 4.81. The van der Waals surface area contributed by atoms with Crippen LogP contribution in [0.25, 0.3) is 11.3 Å². The molecule has 2 heterocycles. The topological polar surface area (TPSA) is 79.4 Å². The molecular weight excluding hydrogens is 401 g/mol. The number of rotatable bonds is 4. The van der Waals surface area contributed by atoms with Crippen LogP contribution in [0.15, 0.2) is 47.8 Å². The summed E-state index contributed by atoms with van der Waals surface area (Å²) >= 11 is 1.27. The molecule has 0 bridgehead atoms. The molecule has 28 heavy (non-hydrogen) atoms. The van der Waals surface area contributed by atoms with Gasteiger partial charge >= 0.3 is 0 Å². The Bertz CT molecular complexity index is 1170. The van der Waals surface area contributed by atoms with Gasteiger partial charge in [0.1, 0.15) is 5.82 Å². The third-order valence-corrected chi connectivity index (χ3v) is 6.38. The maximum absolute atomic E-state index is 13.3. The van der Waals surface area contributed by atoms with Crippen molar-refractivity contribution < 1.29 is 17.6 Å². The van der Waals surface area contributed by atoms with Gasteiger partial charge in [0.05, 0.1) is 17.6 Å².